The molecule has 0 radical (unpaired) electrons. The van der Waals surface area contributed by atoms with E-state index in [1.165, 1.54) is 21.9 Å². The van der Waals surface area contributed by atoms with Crippen LogP contribution in [0.4, 0.5) is 0 Å². The number of benzene rings is 3. The molecule has 0 saturated carbocycles. The average Bonchev–Trinajstić information content (AvgIpc) is 2.62. The van der Waals surface area contributed by atoms with Crippen LogP contribution < -0.4 is 10.1 Å². The summed E-state index contributed by atoms with van der Waals surface area (Å²) in [4.78, 5) is 0. The number of aliphatic hydroxyl groups is 1. The standard InChI is InChI=1S/C21H23NO2/c1-16-6-2-3-8-18(16)15-24-21-11-10-17-7-4-5-9-19(17)20(21)14-22-12-13-23/h2-11,22-23H,12-15H2,1H3. The summed E-state index contributed by atoms with van der Waals surface area (Å²) in [6.07, 6.45) is 0. The minimum Gasteiger partial charge on any atom is -0.489 e. The Morgan fingerprint density at radius 2 is 1.75 bits per heavy atom. The second-order valence-corrected chi connectivity index (χ2v) is 5.88. The molecule has 3 heteroatoms. The van der Waals surface area contributed by atoms with Gasteiger partial charge < -0.3 is 15.2 Å². The van der Waals surface area contributed by atoms with Gasteiger partial charge in [-0.3, -0.25) is 0 Å². The molecule has 0 amide bonds. The summed E-state index contributed by atoms with van der Waals surface area (Å²) in [5.74, 6) is 0.891. The number of aliphatic hydroxyl groups excluding tert-OH is 1. The molecule has 124 valence electrons. The highest BCUT2D eigenvalue weighted by atomic mass is 16.5. The third-order valence-electron chi connectivity index (χ3n) is 4.23. The minimum absolute atomic E-state index is 0.129. The Labute approximate surface area is 142 Å². The summed E-state index contributed by atoms with van der Waals surface area (Å²) in [7, 11) is 0. The minimum atomic E-state index is 0.129. The van der Waals surface area contributed by atoms with Crippen LogP contribution in [0.5, 0.6) is 5.75 Å². The van der Waals surface area contributed by atoms with Gasteiger partial charge in [0.2, 0.25) is 0 Å². The molecule has 0 heterocycles. The topological polar surface area (TPSA) is 41.5 Å². The first kappa shape index (κ1) is 16.5. The molecule has 0 saturated heterocycles. The maximum absolute atomic E-state index is 9.02. The van der Waals surface area contributed by atoms with E-state index in [-0.39, 0.29) is 6.61 Å². The van der Waals surface area contributed by atoms with Crippen LogP contribution in [-0.2, 0) is 13.2 Å². The lowest BCUT2D eigenvalue weighted by Gasteiger charge is -2.15. The van der Waals surface area contributed by atoms with Crippen molar-refractivity contribution >= 4 is 10.8 Å². The highest BCUT2D eigenvalue weighted by molar-refractivity contribution is 5.87. The molecule has 0 aromatic heterocycles. The Morgan fingerprint density at radius 1 is 0.958 bits per heavy atom. The molecular weight excluding hydrogens is 298 g/mol. The SMILES string of the molecule is Cc1ccccc1COc1ccc2ccccc2c1CNCCO. The van der Waals surface area contributed by atoms with Gasteiger partial charge in [0.15, 0.2) is 0 Å². The van der Waals surface area contributed by atoms with Crippen LogP contribution in [0.2, 0.25) is 0 Å². The molecule has 0 fully saturated rings. The van der Waals surface area contributed by atoms with E-state index in [0.29, 0.717) is 19.7 Å². The van der Waals surface area contributed by atoms with E-state index >= 15 is 0 Å². The summed E-state index contributed by atoms with van der Waals surface area (Å²) in [5, 5.41) is 14.7. The maximum Gasteiger partial charge on any atom is 0.124 e. The fraction of sp³-hybridized carbons (Fsp3) is 0.238. The fourth-order valence-electron chi connectivity index (χ4n) is 2.85. The Morgan fingerprint density at radius 3 is 2.58 bits per heavy atom. The zero-order valence-corrected chi connectivity index (χ0v) is 14.0. The van der Waals surface area contributed by atoms with Crippen LogP contribution in [0.1, 0.15) is 16.7 Å². The van der Waals surface area contributed by atoms with E-state index in [1.807, 2.05) is 30.3 Å². The zero-order valence-electron chi connectivity index (χ0n) is 14.0. The van der Waals surface area contributed by atoms with E-state index in [1.54, 1.807) is 0 Å². The van der Waals surface area contributed by atoms with Crippen LogP contribution in [-0.4, -0.2) is 18.3 Å². The fourth-order valence-corrected chi connectivity index (χ4v) is 2.85. The van der Waals surface area contributed by atoms with Crippen LogP contribution in [0, 0.1) is 6.92 Å². The average molecular weight is 321 g/mol. The van der Waals surface area contributed by atoms with Crippen molar-refractivity contribution in [3.05, 3.63) is 77.4 Å². The Kier molecular flexibility index (Phi) is 5.47. The number of nitrogens with one attached hydrogen (secondary N) is 1. The predicted molar refractivity (Wildman–Crippen MR) is 98.3 cm³/mol. The van der Waals surface area contributed by atoms with E-state index in [0.717, 1.165) is 11.3 Å². The molecule has 0 atom stereocenters. The molecule has 0 aliphatic carbocycles. The van der Waals surface area contributed by atoms with Crippen molar-refractivity contribution in [1.82, 2.24) is 5.32 Å². The van der Waals surface area contributed by atoms with E-state index < -0.39 is 0 Å². The molecule has 0 aliphatic rings. The van der Waals surface area contributed by atoms with Gasteiger partial charge in [-0.25, -0.2) is 0 Å². The molecule has 3 aromatic carbocycles. The third kappa shape index (κ3) is 3.75. The molecular formula is C21H23NO2. The quantitative estimate of drug-likeness (QED) is 0.650. The highest BCUT2D eigenvalue weighted by Gasteiger charge is 2.09. The van der Waals surface area contributed by atoms with E-state index in [4.69, 9.17) is 9.84 Å². The number of hydrogen-bond donors (Lipinski definition) is 2. The molecule has 0 unspecified atom stereocenters. The summed E-state index contributed by atoms with van der Waals surface area (Å²) in [6.45, 7) is 4.02. The number of aryl methyl sites for hydroxylation is 1. The second-order valence-electron chi connectivity index (χ2n) is 5.88. The second kappa shape index (κ2) is 7.95. The van der Waals surface area contributed by atoms with Crippen molar-refractivity contribution < 1.29 is 9.84 Å². The maximum atomic E-state index is 9.02. The van der Waals surface area contributed by atoms with Crippen molar-refractivity contribution in [2.45, 2.75) is 20.1 Å². The monoisotopic (exact) mass is 321 g/mol. The molecule has 3 nitrogen and oxygen atoms in total. The van der Waals surface area contributed by atoms with Gasteiger partial charge in [0.25, 0.3) is 0 Å². The molecule has 0 spiro atoms. The largest absolute Gasteiger partial charge is 0.489 e. The smallest absolute Gasteiger partial charge is 0.124 e. The van der Waals surface area contributed by atoms with E-state index in [2.05, 4.69) is 42.6 Å². The molecule has 0 bridgehead atoms. The highest BCUT2D eigenvalue weighted by Crippen LogP contribution is 2.29. The summed E-state index contributed by atoms with van der Waals surface area (Å²) in [6, 6.07) is 20.7. The first-order valence-electron chi connectivity index (χ1n) is 8.29. The van der Waals surface area contributed by atoms with Gasteiger partial charge in [-0.05, 0) is 34.9 Å². The molecule has 24 heavy (non-hydrogen) atoms. The van der Waals surface area contributed by atoms with Gasteiger partial charge in [-0.1, -0.05) is 54.6 Å². The first-order valence-corrected chi connectivity index (χ1v) is 8.29. The van der Waals surface area contributed by atoms with Crippen molar-refractivity contribution in [1.29, 1.82) is 0 Å². The Balaban J connectivity index is 1.88. The van der Waals surface area contributed by atoms with Gasteiger partial charge in [0, 0.05) is 18.7 Å². The van der Waals surface area contributed by atoms with Gasteiger partial charge in [-0.2, -0.15) is 0 Å². The third-order valence-corrected chi connectivity index (χ3v) is 4.23. The number of hydrogen-bond acceptors (Lipinski definition) is 3. The number of rotatable bonds is 7. The lowest BCUT2D eigenvalue weighted by Crippen LogP contribution is -2.18. The van der Waals surface area contributed by atoms with Crippen molar-refractivity contribution in [3.63, 3.8) is 0 Å². The summed E-state index contributed by atoms with van der Waals surface area (Å²) in [5.41, 5.74) is 3.56. The Bertz CT molecular complexity index is 814. The first-order chi connectivity index (χ1) is 11.8. The summed E-state index contributed by atoms with van der Waals surface area (Å²) >= 11 is 0. The van der Waals surface area contributed by atoms with Crippen molar-refractivity contribution in [3.8, 4) is 5.75 Å². The number of ether oxygens (including phenoxy) is 1. The molecule has 0 aliphatic heterocycles. The van der Waals surface area contributed by atoms with Crippen LogP contribution in [0.3, 0.4) is 0 Å². The van der Waals surface area contributed by atoms with Gasteiger partial charge in [0.05, 0.1) is 6.61 Å². The predicted octanol–water partition coefficient (Wildman–Crippen LogP) is 3.81. The van der Waals surface area contributed by atoms with Gasteiger partial charge >= 0.3 is 0 Å². The van der Waals surface area contributed by atoms with Crippen molar-refractivity contribution in [2.75, 3.05) is 13.2 Å². The zero-order chi connectivity index (χ0) is 16.8. The molecule has 3 aromatic rings. The molecule has 2 N–H and O–H groups in total. The lowest BCUT2D eigenvalue weighted by molar-refractivity contribution is 0.288. The Hall–Kier alpha value is -2.36. The van der Waals surface area contributed by atoms with Crippen molar-refractivity contribution in [2.24, 2.45) is 0 Å². The van der Waals surface area contributed by atoms with Gasteiger partial charge in [0.1, 0.15) is 12.4 Å². The van der Waals surface area contributed by atoms with Crippen LogP contribution in [0.15, 0.2) is 60.7 Å². The van der Waals surface area contributed by atoms with E-state index in [9.17, 15) is 0 Å². The summed E-state index contributed by atoms with van der Waals surface area (Å²) < 4.78 is 6.14. The lowest BCUT2D eigenvalue weighted by atomic mass is 10.0. The van der Waals surface area contributed by atoms with Crippen LogP contribution in [0.25, 0.3) is 10.8 Å². The normalized spacial score (nSPS) is 10.9. The molecule has 3 rings (SSSR count). The number of fused-ring (bicyclic) bond motifs is 1. The van der Waals surface area contributed by atoms with Gasteiger partial charge in [-0.15, -0.1) is 0 Å². The van der Waals surface area contributed by atoms with Crippen LogP contribution >= 0.6 is 0 Å².